The predicted molar refractivity (Wildman–Crippen MR) is 80.3 cm³/mol. The summed E-state index contributed by atoms with van der Waals surface area (Å²) in [6.45, 7) is 11.6. The Morgan fingerprint density at radius 2 is 1.76 bits per heavy atom. The summed E-state index contributed by atoms with van der Waals surface area (Å²) < 4.78 is 5.26. The van der Waals surface area contributed by atoms with Crippen molar-refractivity contribution in [3.05, 3.63) is 0 Å². The third kappa shape index (κ3) is 4.88. The van der Waals surface area contributed by atoms with Crippen molar-refractivity contribution in [2.24, 2.45) is 5.92 Å². The lowest BCUT2D eigenvalue weighted by atomic mass is 9.96. The highest BCUT2D eigenvalue weighted by Crippen LogP contribution is 2.24. The number of hydrogen-bond acceptors (Lipinski definition) is 3. The van der Waals surface area contributed by atoms with Crippen LogP contribution in [0.15, 0.2) is 0 Å². The van der Waals surface area contributed by atoms with Crippen LogP contribution < -0.4 is 0 Å². The van der Waals surface area contributed by atoms with Crippen molar-refractivity contribution in [3.8, 4) is 0 Å². The number of nitrogens with zero attached hydrogens (tertiary/aromatic N) is 2. The topological polar surface area (TPSA) is 70.1 Å². The van der Waals surface area contributed by atoms with Gasteiger partial charge in [-0.2, -0.15) is 0 Å². The Morgan fingerprint density at radius 1 is 1.24 bits per heavy atom. The SMILES string of the molecule is CC(C)C[C@@H](C(=O)N1CCOCC1)N(C(=O)O)C(C)(C)C. The zero-order valence-corrected chi connectivity index (χ0v) is 13.8. The third-order valence-corrected chi connectivity index (χ3v) is 3.54. The standard InChI is InChI=1S/C15H28N2O4/c1-11(2)10-12(17(14(19)20)15(3,4)5)13(18)16-6-8-21-9-7-16/h11-12H,6-10H2,1-5H3,(H,19,20)/t12-/m0/s1. The van der Waals surface area contributed by atoms with Gasteiger partial charge in [0.25, 0.3) is 0 Å². The van der Waals surface area contributed by atoms with Crippen molar-refractivity contribution in [1.82, 2.24) is 9.80 Å². The number of carbonyl (C=O) groups is 2. The summed E-state index contributed by atoms with van der Waals surface area (Å²) in [6.07, 6.45) is -0.519. The zero-order valence-electron chi connectivity index (χ0n) is 13.8. The summed E-state index contributed by atoms with van der Waals surface area (Å²) in [5.41, 5.74) is -0.618. The average Bonchev–Trinajstić information content (AvgIpc) is 2.35. The molecule has 0 unspecified atom stereocenters. The Morgan fingerprint density at radius 3 is 2.14 bits per heavy atom. The molecule has 2 amide bonds. The molecule has 0 saturated carbocycles. The van der Waals surface area contributed by atoms with Gasteiger partial charge in [0.05, 0.1) is 13.2 Å². The van der Waals surface area contributed by atoms with E-state index in [1.165, 1.54) is 4.90 Å². The van der Waals surface area contributed by atoms with Crippen LogP contribution in [0.4, 0.5) is 4.79 Å². The minimum absolute atomic E-state index is 0.107. The smallest absolute Gasteiger partial charge is 0.408 e. The van der Waals surface area contributed by atoms with Gasteiger partial charge < -0.3 is 14.7 Å². The van der Waals surface area contributed by atoms with Crippen molar-refractivity contribution in [3.63, 3.8) is 0 Å². The van der Waals surface area contributed by atoms with E-state index in [0.717, 1.165) is 0 Å². The van der Waals surface area contributed by atoms with E-state index in [2.05, 4.69) is 0 Å². The van der Waals surface area contributed by atoms with E-state index in [1.807, 2.05) is 34.6 Å². The van der Waals surface area contributed by atoms with Crippen LogP contribution in [0.3, 0.4) is 0 Å². The fourth-order valence-corrected chi connectivity index (χ4v) is 2.65. The van der Waals surface area contributed by atoms with Crippen molar-refractivity contribution in [2.45, 2.75) is 52.6 Å². The van der Waals surface area contributed by atoms with Gasteiger partial charge in [-0.25, -0.2) is 4.79 Å². The first-order valence-corrected chi connectivity index (χ1v) is 7.53. The predicted octanol–water partition coefficient (Wildman–Crippen LogP) is 2.04. The lowest BCUT2D eigenvalue weighted by molar-refractivity contribution is -0.143. The molecule has 0 aromatic rings. The van der Waals surface area contributed by atoms with Crippen LogP contribution >= 0.6 is 0 Å². The number of ether oxygens (including phenoxy) is 1. The molecular formula is C15H28N2O4. The molecular weight excluding hydrogens is 272 g/mol. The van der Waals surface area contributed by atoms with Gasteiger partial charge in [-0.05, 0) is 33.1 Å². The Hall–Kier alpha value is -1.30. The Balaban J connectivity index is 3.01. The molecule has 0 spiro atoms. The maximum Gasteiger partial charge on any atom is 0.408 e. The van der Waals surface area contributed by atoms with Gasteiger partial charge in [0.15, 0.2) is 0 Å². The van der Waals surface area contributed by atoms with E-state index in [-0.39, 0.29) is 11.8 Å². The van der Waals surface area contributed by atoms with Gasteiger partial charge in [0.1, 0.15) is 6.04 Å². The lowest BCUT2D eigenvalue weighted by Gasteiger charge is -2.42. The number of carbonyl (C=O) groups excluding carboxylic acids is 1. The van der Waals surface area contributed by atoms with Crippen molar-refractivity contribution >= 4 is 12.0 Å². The van der Waals surface area contributed by atoms with E-state index in [1.54, 1.807) is 4.90 Å². The van der Waals surface area contributed by atoms with Crippen LogP contribution in [-0.2, 0) is 9.53 Å². The zero-order chi connectivity index (χ0) is 16.2. The summed E-state index contributed by atoms with van der Waals surface area (Å²) in [4.78, 5) is 27.5. The first-order valence-electron chi connectivity index (χ1n) is 7.53. The average molecular weight is 300 g/mol. The summed E-state index contributed by atoms with van der Waals surface area (Å²) in [6, 6.07) is -0.638. The minimum atomic E-state index is -1.05. The van der Waals surface area contributed by atoms with Crippen LogP contribution in [0.2, 0.25) is 0 Å². The van der Waals surface area contributed by atoms with Crippen LogP contribution in [0.5, 0.6) is 0 Å². The Bertz CT molecular complexity index is 370. The molecule has 1 atom stereocenters. The first-order chi connectivity index (χ1) is 9.64. The van der Waals surface area contributed by atoms with Crippen molar-refractivity contribution in [1.29, 1.82) is 0 Å². The summed E-state index contributed by atoms with van der Waals surface area (Å²) in [5, 5.41) is 9.57. The highest BCUT2D eigenvalue weighted by atomic mass is 16.5. The van der Waals surface area contributed by atoms with E-state index < -0.39 is 17.7 Å². The van der Waals surface area contributed by atoms with Crippen molar-refractivity contribution in [2.75, 3.05) is 26.3 Å². The minimum Gasteiger partial charge on any atom is -0.465 e. The highest BCUT2D eigenvalue weighted by Gasteiger charge is 2.39. The number of morpholine rings is 1. The number of amides is 2. The molecule has 122 valence electrons. The van der Waals surface area contributed by atoms with Crippen LogP contribution in [0.25, 0.3) is 0 Å². The molecule has 6 nitrogen and oxygen atoms in total. The van der Waals surface area contributed by atoms with Crippen LogP contribution in [0, 0.1) is 5.92 Å². The number of rotatable bonds is 4. The second kappa shape index (κ2) is 7.11. The van der Waals surface area contributed by atoms with Gasteiger partial charge in [-0.15, -0.1) is 0 Å². The summed E-state index contributed by atoms with van der Waals surface area (Å²) >= 11 is 0. The molecule has 0 radical (unpaired) electrons. The van der Waals surface area contributed by atoms with Gasteiger partial charge in [-0.1, -0.05) is 13.8 Å². The summed E-state index contributed by atoms with van der Waals surface area (Å²) in [5.74, 6) is 0.133. The van der Waals surface area contributed by atoms with Gasteiger partial charge in [0.2, 0.25) is 5.91 Å². The molecule has 1 rings (SSSR count). The molecule has 1 N–H and O–H groups in total. The van der Waals surface area contributed by atoms with Gasteiger partial charge in [0, 0.05) is 18.6 Å². The van der Waals surface area contributed by atoms with E-state index >= 15 is 0 Å². The molecule has 21 heavy (non-hydrogen) atoms. The molecule has 0 bridgehead atoms. The van der Waals surface area contributed by atoms with Crippen LogP contribution in [-0.4, -0.2) is 64.8 Å². The Kier molecular flexibility index (Phi) is 6.01. The maximum absolute atomic E-state index is 12.8. The maximum atomic E-state index is 12.8. The molecule has 0 aromatic carbocycles. The second-order valence-corrected chi connectivity index (χ2v) is 6.91. The molecule has 6 heteroatoms. The molecule has 1 aliphatic rings. The molecule has 1 saturated heterocycles. The quantitative estimate of drug-likeness (QED) is 0.862. The van der Waals surface area contributed by atoms with Crippen molar-refractivity contribution < 1.29 is 19.4 Å². The second-order valence-electron chi connectivity index (χ2n) is 6.91. The molecule has 1 fully saturated rings. The monoisotopic (exact) mass is 300 g/mol. The fraction of sp³-hybridized carbons (Fsp3) is 0.867. The van der Waals surface area contributed by atoms with Gasteiger partial charge in [-0.3, -0.25) is 9.69 Å². The third-order valence-electron chi connectivity index (χ3n) is 3.54. The van der Waals surface area contributed by atoms with E-state index in [9.17, 15) is 14.7 Å². The molecule has 0 aliphatic carbocycles. The highest BCUT2D eigenvalue weighted by molar-refractivity contribution is 5.85. The Labute approximate surface area is 127 Å². The largest absolute Gasteiger partial charge is 0.465 e. The first kappa shape index (κ1) is 17.8. The number of carboxylic acid groups (broad SMARTS) is 1. The lowest BCUT2D eigenvalue weighted by Crippen LogP contribution is -2.59. The van der Waals surface area contributed by atoms with E-state index in [0.29, 0.717) is 32.7 Å². The molecule has 0 aromatic heterocycles. The van der Waals surface area contributed by atoms with E-state index in [4.69, 9.17) is 4.74 Å². The molecule has 1 aliphatic heterocycles. The van der Waals surface area contributed by atoms with Gasteiger partial charge >= 0.3 is 6.09 Å². The summed E-state index contributed by atoms with van der Waals surface area (Å²) in [7, 11) is 0. The normalized spacial score (nSPS) is 17.7. The fourth-order valence-electron chi connectivity index (χ4n) is 2.65. The van der Waals surface area contributed by atoms with Crippen LogP contribution in [0.1, 0.15) is 41.0 Å². The molecule has 1 heterocycles. The number of hydrogen-bond donors (Lipinski definition) is 1.